The number of rotatable bonds is 74. The Labute approximate surface area is 575 Å². The van der Waals surface area contributed by atoms with Crippen molar-refractivity contribution in [1.29, 1.82) is 0 Å². The highest BCUT2D eigenvalue weighted by molar-refractivity contribution is 7.47. The number of esters is 4. The zero-order valence-corrected chi connectivity index (χ0v) is 63.1. The molecule has 0 rings (SSSR count). The van der Waals surface area contributed by atoms with Crippen molar-refractivity contribution in [2.24, 2.45) is 11.8 Å². The van der Waals surface area contributed by atoms with E-state index in [9.17, 15) is 43.2 Å². The third-order valence-electron chi connectivity index (χ3n) is 17.5. The van der Waals surface area contributed by atoms with E-state index in [4.69, 9.17) is 37.0 Å². The van der Waals surface area contributed by atoms with E-state index < -0.39 is 97.5 Å². The lowest BCUT2D eigenvalue weighted by Crippen LogP contribution is -2.30. The van der Waals surface area contributed by atoms with Gasteiger partial charge in [-0.2, -0.15) is 0 Å². The van der Waals surface area contributed by atoms with Crippen LogP contribution in [0.3, 0.4) is 0 Å². The van der Waals surface area contributed by atoms with Gasteiger partial charge in [-0.25, -0.2) is 9.13 Å². The molecule has 0 saturated heterocycles. The van der Waals surface area contributed by atoms with E-state index in [2.05, 4.69) is 41.5 Å². The molecule has 0 saturated carbocycles. The predicted octanol–water partition coefficient (Wildman–Crippen LogP) is 21.9. The van der Waals surface area contributed by atoms with Crippen molar-refractivity contribution >= 4 is 39.5 Å². The Bertz CT molecular complexity index is 1820. The molecule has 0 aromatic heterocycles. The molecule has 5 atom stereocenters. The van der Waals surface area contributed by atoms with Crippen LogP contribution < -0.4 is 0 Å². The summed E-state index contributed by atoms with van der Waals surface area (Å²) in [5.74, 6) is -0.608. The van der Waals surface area contributed by atoms with E-state index >= 15 is 0 Å². The van der Waals surface area contributed by atoms with Crippen LogP contribution in [0.5, 0.6) is 0 Å². The summed E-state index contributed by atoms with van der Waals surface area (Å²) >= 11 is 0. The number of aliphatic hydroxyl groups excluding tert-OH is 1. The lowest BCUT2D eigenvalue weighted by Gasteiger charge is -2.21. The first-order valence-corrected chi connectivity index (χ1v) is 42.0. The van der Waals surface area contributed by atoms with Crippen molar-refractivity contribution in [2.75, 3.05) is 39.6 Å². The molecule has 0 heterocycles. The maximum Gasteiger partial charge on any atom is 0.472 e. The van der Waals surface area contributed by atoms with Gasteiger partial charge >= 0.3 is 39.5 Å². The third-order valence-corrected chi connectivity index (χ3v) is 19.4. The summed E-state index contributed by atoms with van der Waals surface area (Å²) in [7, 11) is -9.91. The van der Waals surface area contributed by atoms with E-state index in [1.807, 2.05) is 0 Å². The first kappa shape index (κ1) is 92.1. The Kier molecular flexibility index (Phi) is 65.5. The topological polar surface area (TPSA) is 237 Å². The number of hydrogen-bond donors (Lipinski definition) is 3. The Hall–Kier alpha value is -1.94. The second-order valence-corrected chi connectivity index (χ2v) is 30.9. The quantitative estimate of drug-likeness (QED) is 0.0222. The molecule has 2 unspecified atom stereocenters. The monoisotopic (exact) mass is 1380 g/mol. The molecule has 0 aliphatic carbocycles. The molecule has 19 heteroatoms. The molecular weight excluding hydrogens is 1230 g/mol. The number of phosphoric acid groups is 2. The average Bonchev–Trinajstić information content (AvgIpc) is 1.41. The summed E-state index contributed by atoms with van der Waals surface area (Å²) < 4.78 is 68.5. The smallest absolute Gasteiger partial charge is 0.462 e. The molecule has 0 radical (unpaired) electrons. The summed E-state index contributed by atoms with van der Waals surface area (Å²) in [6.45, 7) is 9.56. The van der Waals surface area contributed by atoms with Crippen LogP contribution in [-0.4, -0.2) is 96.7 Å². The Morgan fingerprint density at radius 1 is 0.287 bits per heavy atom. The van der Waals surface area contributed by atoms with E-state index in [0.29, 0.717) is 31.6 Å². The summed E-state index contributed by atoms with van der Waals surface area (Å²) in [6.07, 6.45) is 54.1. The molecule has 17 nitrogen and oxygen atoms in total. The van der Waals surface area contributed by atoms with Crippen LogP contribution in [0.25, 0.3) is 0 Å². The van der Waals surface area contributed by atoms with Gasteiger partial charge in [-0.3, -0.25) is 37.3 Å². The van der Waals surface area contributed by atoms with Crippen molar-refractivity contribution in [3.63, 3.8) is 0 Å². The summed E-state index contributed by atoms with van der Waals surface area (Å²) in [4.78, 5) is 72.7. The highest BCUT2D eigenvalue weighted by Gasteiger charge is 2.30. The second-order valence-electron chi connectivity index (χ2n) is 28.0. The summed E-state index contributed by atoms with van der Waals surface area (Å²) in [5.41, 5.74) is 0. The number of unbranched alkanes of at least 4 members (excludes halogenated alkanes) is 44. The lowest BCUT2D eigenvalue weighted by atomic mass is 10.0. The number of hydrogen-bond acceptors (Lipinski definition) is 15. The Morgan fingerprint density at radius 3 is 0.723 bits per heavy atom. The van der Waals surface area contributed by atoms with Gasteiger partial charge in [0.1, 0.15) is 19.3 Å². The fraction of sp³-hybridized carbons (Fsp3) is 0.947. The minimum atomic E-state index is -4.96. The first-order valence-electron chi connectivity index (χ1n) is 39.0. The molecule has 0 aliphatic rings. The predicted molar refractivity (Wildman–Crippen MR) is 381 cm³/mol. The van der Waals surface area contributed by atoms with Crippen LogP contribution in [0.4, 0.5) is 0 Å². The number of aliphatic hydroxyl groups is 1. The molecule has 0 bridgehead atoms. The number of phosphoric ester groups is 2. The van der Waals surface area contributed by atoms with E-state index in [0.717, 1.165) is 102 Å². The zero-order valence-electron chi connectivity index (χ0n) is 61.3. The molecule has 94 heavy (non-hydrogen) atoms. The van der Waals surface area contributed by atoms with Crippen molar-refractivity contribution in [3.05, 3.63) is 0 Å². The van der Waals surface area contributed by atoms with Gasteiger partial charge in [0.25, 0.3) is 0 Å². The van der Waals surface area contributed by atoms with Gasteiger partial charge in [-0.05, 0) is 37.5 Å². The van der Waals surface area contributed by atoms with E-state index in [1.165, 1.54) is 199 Å². The van der Waals surface area contributed by atoms with Crippen LogP contribution >= 0.6 is 15.6 Å². The van der Waals surface area contributed by atoms with Gasteiger partial charge < -0.3 is 33.8 Å². The average molecular weight is 1380 g/mol. The van der Waals surface area contributed by atoms with E-state index in [1.54, 1.807) is 0 Å². The van der Waals surface area contributed by atoms with Crippen LogP contribution in [-0.2, 0) is 65.4 Å². The fourth-order valence-electron chi connectivity index (χ4n) is 11.5. The number of carbonyl (C=O) groups is 4. The molecule has 0 spiro atoms. The van der Waals surface area contributed by atoms with Gasteiger partial charge in [0.2, 0.25) is 0 Å². The number of carbonyl (C=O) groups excluding carboxylic acids is 4. The highest BCUT2D eigenvalue weighted by Crippen LogP contribution is 2.45. The molecule has 0 amide bonds. The first-order chi connectivity index (χ1) is 45.4. The van der Waals surface area contributed by atoms with Gasteiger partial charge in [-0.1, -0.05) is 337 Å². The van der Waals surface area contributed by atoms with Crippen molar-refractivity contribution in [3.8, 4) is 0 Å². The molecule has 0 aliphatic heterocycles. The van der Waals surface area contributed by atoms with Crippen LogP contribution in [0.2, 0.25) is 0 Å². The van der Waals surface area contributed by atoms with Crippen LogP contribution in [0, 0.1) is 11.8 Å². The van der Waals surface area contributed by atoms with Gasteiger partial charge in [0, 0.05) is 25.7 Å². The largest absolute Gasteiger partial charge is 0.472 e. The van der Waals surface area contributed by atoms with Crippen LogP contribution in [0.1, 0.15) is 388 Å². The maximum atomic E-state index is 13.1. The Morgan fingerprint density at radius 2 is 0.489 bits per heavy atom. The molecule has 3 N–H and O–H groups in total. The fourth-order valence-corrected chi connectivity index (χ4v) is 13.1. The normalized spacial score (nSPS) is 14.0. The van der Waals surface area contributed by atoms with Crippen molar-refractivity contribution < 1.29 is 80.2 Å². The number of ether oxygens (including phenoxy) is 4. The minimum absolute atomic E-state index is 0.106. The maximum absolute atomic E-state index is 13.1. The molecule has 558 valence electrons. The third kappa shape index (κ3) is 68.6. The minimum Gasteiger partial charge on any atom is -0.462 e. The summed E-state index contributed by atoms with van der Waals surface area (Å²) in [5, 5.41) is 10.6. The van der Waals surface area contributed by atoms with Gasteiger partial charge in [-0.15, -0.1) is 0 Å². The molecular formula is C75H146O17P2. The highest BCUT2D eigenvalue weighted by atomic mass is 31.2. The van der Waals surface area contributed by atoms with Gasteiger partial charge in [0.15, 0.2) is 12.2 Å². The molecule has 0 fully saturated rings. The van der Waals surface area contributed by atoms with Crippen molar-refractivity contribution in [2.45, 2.75) is 407 Å². The van der Waals surface area contributed by atoms with Crippen molar-refractivity contribution in [1.82, 2.24) is 0 Å². The van der Waals surface area contributed by atoms with Gasteiger partial charge in [0.05, 0.1) is 26.4 Å². The standard InChI is InChI=1S/C75H146O17P2/c1-7-9-11-13-15-17-19-20-22-26-30-33-39-45-51-57-72(77)85-63-70(91-75(80)60-54-48-41-35-31-27-24-21-23-25-29-32-37-43-49-55-67(3)4)65-89-93(81,82)87-61-69(76)62-88-94(83,84)90-66-71(64-86-73(78)58-52-46-42-36-38-44-50-56-68(5)6)92-74(79)59-53-47-40-34-28-18-16-14-12-10-8-2/h67-71,76H,7-66H2,1-6H3,(H,81,82)(H,83,84)/t69-,70-,71-/m1/s1. The second kappa shape index (κ2) is 66.9. The lowest BCUT2D eigenvalue weighted by molar-refractivity contribution is -0.161. The molecule has 0 aromatic carbocycles. The van der Waals surface area contributed by atoms with E-state index in [-0.39, 0.29) is 25.7 Å². The Balaban J connectivity index is 5.23. The zero-order chi connectivity index (χ0) is 69.3. The summed E-state index contributed by atoms with van der Waals surface area (Å²) in [6, 6.07) is 0. The molecule has 0 aromatic rings. The van der Waals surface area contributed by atoms with Crippen LogP contribution in [0.15, 0.2) is 0 Å². The SMILES string of the molecule is CCCCCCCCCCCCCCCCCC(=O)OC[C@H](COP(=O)(O)OC[C@@H](O)COP(=O)(O)OC[C@@H](COC(=O)CCCCCCCCCC(C)C)OC(=O)CCCCCCCCCCCCC)OC(=O)CCCCCCCCCCCCCCCCCC(C)C.